The summed E-state index contributed by atoms with van der Waals surface area (Å²) in [5.74, 6) is -0.0254. The van der Waals surface area contributed by atoms with Crippen LogP contribution in [0.5, 0.6) is 0 Å². The SMILES string of the molecule is CC(CN)C(=O)NCC1(Sc2ccccc2)CCCC1.Cl. The predicted octanol–water partition coefficient (Wildman–Crippen LogP) is 3.22. The first-order valence-electron chi connectivity index (χ1n) is 7.37. The van der Waals surface area contributed by atoms with Crippen molar-refractivity contribution in [2.24, 2.45) is 11.7 Å². The molecule has 1 unspecified atom stereocenters. The van der Waals surface area contributed by atoms with E-state index in [1.807, 2.05) is 24.8 Å². The smallest absolute Gasteiger partial charge is 0.224 e. The molecule has 21 heavy (non-hydrogen) atoms. The summed E-state index contributed by atoms with van der Waals surface area (Å²) in [6, 6.07) is 10.5. The highest BCUT2D eigenvalue weighted by atomic mass is 35.5. The second-order valence-electron chi connectivity index (χ2n) is 5.66. The summed E-state index contributed by atoms with van der Waals surface area (Å²) < 4.78 is 0.158. The Hall–Kier alpha value is -0.710. The molecular weight excluding hydrogens is 304 g/mol. The third-order valence-electron chi connectivity index (χ3n) is 3.98. The van der Waals surface area contributed by atoms with Crippen LogP contribution in [0, 0.1) is 5.92 Å². The molecule has 0 aliphatic heterocycles. The van der Waals surface area contributed by atoms with Gasteiger partial charge in [0.2, 0.25) is 5.91 Å². The van der Waals surface area contributed by atoms with E-state index in [4.69, 9.17) is 5.73 Å². The van der Waals surface area contributed by atoms with Gasteiger partial charge in [0.05, 0.1) is 0 Å². The average molecular weight is 329 g/mol. The Bertz CT molecular complexity index is 435. The maximum atomic E-state index is 11.9. The number of halogens is 1. The van der Waals surface area contributed by atoms with Gasteiger partial charge in [-0.3, -0.25) is 4.79 Å². The maximum absolute atomic E-state index is 11.9. The van der Waals surface area contributed by atoms with Crippen molar-refractivity contribution in [1.82, 2.24) is 5.32 Å². The van der Waals surface area contributed by atoms with Gasteiger partial charge in [0, 0.05) is 28.6 Å². The van der Waals surface area contributed by atoms with Gasteiger partial charge in [-0.2, -0.15) is 0 Å². The molecule has 1 fully saturated rings. The summed E-state index contributed by atoms with van der Waals surface area (Å²) in [7, 11) is 0. The van der Waals surface area contributed by atoms with Gasteiger partial charge in [-0.15, -0.1) is 24.2 Å². The van der Waals surface area contributed by atoms with Gasteiger partial charge in [-0.05, 0) is 25.0 Å². The number of nitrogens with two attached hydrogens (primary N) is 1. The van der Waals surface area contributed by atoms with Crippen LogP contribution in [0.4, 0.5) is 0 Å². The molecule has 5 heteroatoms. The monoisotopic (exact) mass is 328 g/mol. The number of benzene rings is 1. The summed E-state index contributed by atoms with van der Waals surface area (Å²) in [6.45, 7) is 3.03. The maximum Gasteiger partial charge on any atom is 0.224 e. The molecule has 0 radical (unpaired) electrons. The lowest BCUT2D eigenvalue weighted by atomic mass is 10.1. The van der Waals surface area contributed by atoms with Gasteiger partial charge in [-0.25, -0.2) is 0 Å². The second kappa shape index (κ2) is 8.66. The van der Waals surface area contributed by atoms with Crippen LogP contribution in [-0.4, -0.2) is 23.7 Å². The number of thioether (sulfide) groups is 1. The van der Waals surface area contributed by atoms with Crippen LogP contribution in [0.2, 0.25) is 0 Å². The molecule has 1 saturated carbocycles. The number of nitrogens with one attached hydrogen (secondary N) is 1. The molecule has 0 bridgehead atoms. The molecule has 3 N–H and O–H groups in total. The fraction of sp³-hybridized carbons (Fsp3) is 0.562. The van der Waals surface area contributed by atoms with Crippen molar-refractivity contribution in [2.75, 3.05) is 13.1 Å². The fourth-order valence-corrected chi connectivity index (χ4v) is 4.03. The predicted molar refractivity (Wildman–Crippen MR) is 92.0 cm³/mol. The molecule has 3 nitrogen and oxygen atoms in total. The first-order valence-corrected chi connectivity index (χ1v) is 8.19. The van der Waals surface area contributed by atoms with E-state index in [9.17, 15) is 4.79 Å². The van der Waals surface area contributed by atoms with E-state index in [2.05, 4.69) is 29.6 Å². The zero-order chi connectivity index (χ0) is 14.4. The van der Waals surface area contributed by atoms with Crippen LogP contribution < -0.4 is 11.1 Å². The highest BCUT2D eigenvalue weighted by Crippen LogP contribution is 2.44. The molecule has 1 amide bonds. The minimum atomic E-state index is -0.102. The summed E-state index contributed by atoms with van der Waals surface area (Å²) in [6.07, 6.45) is 4.85. The van der Waals surface area contributed by atoms with Crippen molar-refractivity contribution < 1.29 is 4.79 Å². The van der Waals surface area contributed by atoms with Crippen LogP contribution in [0.15, 0.2) is 35.2 Å². The number of rotatable bonds is 6. The zero-order valence-corrected chi connectivity index (χ0v) is 14.1. The Morgan fingerprint density at radius 2 is 1.95 bits per heavy atom. The van der Waals surface area contributed by atoms with Crippen molar-refractivity contribution in [3.8, 4) is 0 Å². The molecule has 0 saturated heterocycles. The van der Waals surface area contributed by atoms with Crippen molar-refractivity contribution in [2.45, 2.75) is 42.2 Å². The second-order valence-corrected chi connectivity index (χ2v) is 7.20. The Labute approximate surface area is 137 Å². The number of carbonyl (C=O) groups excluding carboxylic acids is 1. The Kier molecular flexibility index (Phi) is 7.57. The van der Waals surface area contributed by atoms with Crippen LogP contribution in [-0.2, 0) is 4.79 Å². The van der Waals surface area contributed by atoms with E-state index >= 15 is 0 Å². The molecule has 2 rings (SSSR count). The molecule has 1 atom stereocenters. The minimum Gasteiger partial charge on any atom is -0.354 e. The highest BCUT2D eigenvalue weighted by Gasteiger charge is 2.35. The van der Waals surface area contributed by atoms with Gasteiger partial charge >= 0.3 is 0 Å². The first-order chi connectivity index (χ1) is 9.65. The van der Waals surface area contributed by atoms with Crippen molar-refractivity contribution in [1.29, 1.82) is 0 Å². The molecule has 0 heterocycles. The van der Waals surface area contributed by atoms with E-state index in [-0.39, 0.29) is 29.0 Å². The van der Waals surface area contributed by atoms with E-state index in [1.54, 1.807) is 0 Å². The minimum absolute atomic E-state index is 0. The molecule has 0 spiro atoms. The highest BCUT2D eigenvalue weighted by molar-refractivity contribution is 8.00. The number of hydrogen-bond acceptors (Lipinski definition) is 3. The van der Waals surface area contributed by atoms with Crippen molar-refractivity contribution >= 4 is 30.1 Å². The van der Waals surface area contributed by atoms with Crippen LogP contribution in [0.1, 0.15) is 32.6 Å². The number of carbonyl (C=O) groups is 1. The summed E-state index contributed by atoms with van der Waals surface area (Å²) >= 11 is 1.91. The lowest BCUT2D eigenvalue weighted by molar-refractivity contribution is -0.124. The standard InChI is InChI=1S/C16H24N2OS.ClH/c1-13(11-17)15(19)18-12-16(9-5-6-10-16)20-14-7-3-2-4-8-14;/h2-4,7-8,13H,5-6,9-12,17H2,1H3,(H,18,19);1H. The van der Waals surface area contributed by atoms with Crippen molar-refractivity contribution in [3.63, 3.8) is 0 Å². The molecule has 1 aliphatic carbocycles. The molecule has 1 aliphatic rings. The molecule has 1 aromatic rings. The lowest BCUT2D eigenvalue weighted by Gasteiger charge is -2.29. The van der Waals surface area contributed by atoms with Crippen LogP contribution in [0.25, 0.3) is 0 Å². The van der Waals surface area contributed by atoms with E-state index in [0.29, 0.717) is 6.54 Å². The van der Waals surface area contributed by atoms with Gasteiger partial charge < -0.3 is 11.1 Å². The van der Waals surface area contributed by atoms with E-state index < -0.39 is 0 Å². The summed E-state index contributed by atoms with van der Waals surface area (Å²) in [4.78, 5) is 13.2. The van der Waals surface area contributed by atoms with Gasteiger partial charge in [-0.1, -0.05) is 38.0 Å². The molecule has 0 aromatic heterocycles. The Morgan fingerprint density at radius 1 is 1.33 bits per heavy atom. The quantitative estimate of drug-likeness (QED) is 0.843. The topological polar surface area (TPSA) is 55.1 Å². The normalized spacial score (nSPS) is 17.8. The van der Waals surface area contributed by atoms with E-state index in [0.717, 1.165) is 6.54 Å². The Balaban J connectivity index is 0.00000220. The van der Waals surface area contributed by atoms with E-state index in [1.165, 1.54) is 30.6 Å². The lowest BCUT2D eigenvalue weighted by Crippen LogP contribution is -2.42. The zero-order valence-electron chi connectivity index (χ0n) is 12.5. The van der Waals surface area contributed by atoms with Gasteiger partial charge in [0.15, 0.2) is 0 Å². The fourth-order valence-electron chi connectivity index (χ4n) is 2.60. The third-order valence-corrected chi connectivity index (χ3v) is 5.47. The van der Waals surface area contributed by atoms with Gasteiger partial charge in [0.1, 0.15) is 0 Å². The molecule has 1 aromatic carbocycles. The molecular formula is C16H25ClN2OS. The van der Waals surface area contributed by atoms with Crippen LogP contribution in [0.3, 0.4) is 0 Å². The van der Waals surface area contributed by atoms with Crippen molar-refractivity contribution in [3.05, 3.63) is 30.3 Å². The summed E-state index contributed by atoms with van der Waals surface area (Å²) in [5, 5.41) is 3.10. The average Bonchev–Trinajstić information content (AvgIpc) is 2.94. The largest absolute Gasteiger partial charge is 0.354 e. The van der Waals surface area contributed by atoms with Gasteiger partial charge in [0.25, 0.3) is 0 Å². The Morgan fingerprint density at radius 3 is 2.52 bits per heavy atom. The van der Waals surface area contributed by atoms with Crippen LogP contribution >= 0.6 is 24.2 Å². The number of hydrogen-bond donors (Lipinski definition) is 2. The number of amides is 1. The summed E-state index contributed by atoms with van der Waals surface area (Å²) in [5.41, 5.74) is 5.55. The third kappa shape index (κ3) is 5.20. The first kappa shape index (κ1) is 18.3. The molecule has 118 valence electrons.